The molecule has 0 spiro atoms. The number of nitrogens with zero attached hydrogens (tertiary/aromatic N) is 1. The van der Waals surface area contributed by atoms with Crippen molar-refractivity contribution in [3.8, 4) is 5.75 Å². The summed E-state index contributed by atoms with van der Waals surface area (Å²) in [6, 6.07) is 2.18. The van der Waals surface area contributed by atoms with Crippen LogP contribution < -0.4 is 10.1 Å². The molecular weight excluding hydrogens is 224 g/mol. The lowest BCUT2D eigenvalue weighted by atomic mass is 9.87. The maximum atomic E-state index is 5.30. The van der Waals surface area contributed by atoms with Crippen LogP contribution in [0.2, 0.25) is 0 Å². The third-order valence-electron chi connectivity index (χ3n) is 4.61. The predicted molar refractivity (Wildman–Crippen MR) is 71.8 cm³/mol. The molecule has 1 aromatic heterocycles. The molecular formula is C15H22N2O. The number of methoxy groups -OCH3 is 1. The fraction of sp³-hybridized carbons (Fsp3) is 0.667. The van der Waals surface area contributed by atoms with Crippen LogP contribution in [0.25, 0.3) is 0 Å². The van der Waals surface area contributed by atoms with Gasteiger partial charge in [-0.2, -0.15) is 0 Å². The van der Waals surface area contributed by atoms with Crippen LogP contribution in [0.4, 0.5) is 0 Å². The minimum atomic E-state index is 0.692. The summed E-state index contributed by atoms with van der Waals surface area (Å²) < 4.78 is 5.30. The van der Waals surface area contributed by atoms with E-state index in [1.165, 1.54) is 44.3 Å². The van der Waals surface area contributed by atoms with E-state index in [1.807, 2.05) is 6.20 Å². The van der Waals surface area contributed by atoms with E-state index in [4.69, 9.17) is 4.74 Å². The van der Waals surface area contributed by atoms with E-state index < -0.39 is 0 Å². The Morgan fingerprint density at radius 1 is 1.22 bits per heavy atom. The van der Waals surface area contributed by atoms with Gasteiger partial charge >= 0.3 is 0 Å². The molecule has 0 radical (unpaired) electrons. The Bertz CT molecular complexity index is 407. The lowest BCUT2D eigenvalue weighted by molar-refractivity contribution is 0.384. The van der Waals surface area contributed by atoms with Crippen LogP contribution in [0.3, 0.4) is 0 Å². The van der Waals surface area contributed by atoms with Crippen molar-refractivity contribution >= 4 is 0 Å². The highest BCUT2D eigenvalue weighted by Gasteiger charge is 2.35. The molecule has 1 aliphatic heterocycles. The molecule has 1 saturated carbocycles. The first-order chi connectivity index (χ1) is 8.86. The van der Waals surface area contributed by atoms with Crippen LogP contribution in [0.15, 0.2) is 18.5 Å². The van der Waals surface area contributed by atoms with Crippen LogP contribution in [-0.2, 0) is 0 Å². The number of pyridine rings is 1. The molecule has 3 nitrogen and oxygen atoms in total. The van der Waals surface area contributed by atoms with Crippen molar-refractivity contribution in [2.75, 3.05) is 20.2 Å². The molecule has 2 bridgehead atoms. The van der Waals surface area contributed by atoms with Crippen molar-refractivity contribution < 1.29 is 4.74 Å². The topological polar surface area (TPSA) is 34.1 Å². The summed E-state index contributed by atoms with van der Waals surface area (Å²) >= 11 is 0. The Morgan fingerprint density at radius 2 is 2.11 bits per heavy atom. The van der Waals surface area contributed by atoms with Crippen LogP contribution in [0.1, 0.15) is 37.2 Å². The van der Waals surface area contributed by atoms with Crippen molar-refractivity contribution in [2.45, 2.75) is 31.6 Å². The summed E-state index contributed by atoms with van der Waals surface area (Å²) in [5.74, 6) is 3.32. The number of hydrogen-bond acceptors (Lipinski definition) is 3. The van der Waals surface area contributed by atoms with Gasteiger partial charge in [0.15, 0.2) is 0 Å². The van der Waals surface area contributed by atoms with E-state index in [1.54, 1.807) is 13.3 Å². The van der Waals surface area contributed by atoms with Gasteiger partial charge in [-0.05, 0) is 68.2 Å². The van der Waals surface area contributed by atoms with E-state index in [2.05, 4.69) is 16.4 Å². The molecule has 1 saturated heterocycles. The first-order valence-electron chi connectivity index (χ1n) is 7.06. The maximum absolute atomic E-state index is 5.30. The zero-order valence-electron chi connectivity index (χ0n) is 11.1. The van der Waals surface area contributed by atoms with Gasteiger partial charge in [-0.15, -0.1) is 0 Å². The molecule has 2 aliphatic rings. The molecule has 0 amide bonds. The first-order valence-corrected chi connectivity index (χ1v) is 7.06. The summed E-state index contributed by atoms with van der Waals surface area (Å²) in [6.45, 7) is 2.37. The number of ether oxygens (including phenoxy) is 1. The SMILES string of the molecule is COc1cncc(C2CC3CCNCCC2C3)c1. The molecule has 3 rings (SSSR count). The van der Waals surface area contributed by atoms with Gasteiger partial charge in [-0.3, -0.25) is 4.98 Å². The summed E-state index contributed by atoms with van der Waals surface area (Å²) in [5.41, 5.74) is 1.38. The standard InChI is InChI=1S/C15H22N2O/c1-18-14-8-13(9-17-10-14)15-7-11-2-4-16-5-3-12(15)6-11/h8-12,15-16H,2-7H2,1H3. The van der Waals surface area contributed by atoms with Crippen LogP contribution in [0, 0.1) is 11.8 Å². The minimum absolute atomic E-state index is 0.692. The van der Waals surface area contributed by atoms with Crippen molar-refractivity contribution in [1.82, 2.24) is 10.3 Å². The predicted octanol–water partition coefficient (Wildman–Crippen LogP) is 2.58. The van der Waals surface area contributed by atoms with Gasteiger partial charge < -0.3 is 10.1 Å². The van der Waals surface area contributed by atoms with Crippen molar-refractivity contribution in [1.29, 1.82) is 0 Å². The number of nitrogens with one attached hydrogen (secondary N) is 1. The highest BCUT2D eigenvalue weighted by Crippen LogP contribution is 2.46. The molecule has 3 unspecified atom stereocenters. The van der Waals surface area contributed by atoms with Crippen molar-refractivity contribution in [2.24, 2.45) is 11.8 Å². The zero-order chi connectivity index (χ0) is 12.4. The average Bonchev–Trinajstić information content (AvgIpc) is 2.82. The molecule has 1 aliphatic carbocycles. The number of fused-ring (bicyclic) bond motifs is 2. The van der Waals surface area contributed by atoms with Crippen LogP contribution in [-0.4, -0.2) is 25.2 Å². The Morgan fingerprint density at radius 3 is 3.00 bits per heavy atom. The van der Waals surface area contributed by atoms with Gasteiger partial charge in [-0.1, -0.05) is 0 Å². The molecule has 3 atom stereocenters. The van der Waals surface area contributed by atoms with E-state index in [0.717, 1.165) is 17.6 Å². The van der Waals surface area contributed by atoms with E-state index in [0.29, 0.717) is 5.92 Å². The van der Waals surface area contributed by atoms with Gasteiger partial charge in [0.1, 0.15) is 5.75 Å². The molecule has 0 aromatic carbocycles. The average molecular weight is 246 g/mol. The summed E-state index contributed by atoms with van der Waals surface area (Å²) in [7, 11) is 1.72. The second-order valence-corrected chi connectivity index (χ2v) is 5.69. The monoisotopic (exact) mass is 246 g/mol. The normalized spacial score (nSPS) is 31.7. The second-order valence-electron chi connectivity index (χ2n) is 5.69. The Balaban J connectivity index is 1.82. The van der Waals surface area contributed by atoms with Crippen LogP contribution in [0.5, 0.6) is 5.75 Å². The minimum Gasteiger partial charge on any atom is -0.495 e. The zero-order valence-corrected chi connectivity index (χ0v) is 11.1. The third kappa shape index (κ3) is 2.37. The first kappa shape index (κ1) is 12.0. The highest BCUT2D eigenvalue weighted by molar-refractivity contribution is 5.27. The molecule has 2 fully saturated rings. The lowest BCUT2D eigenvalue weighted by Crippen LogP contribution is -2.23. The fourth-order valence-electron chi connectivity index (χ4n) is 3.67. The number of aromatic nitrogens is 1. The Kier molecular flexibility index (Phi) is 3.50. The third-order valence-corrected chi connectivity index (χ3v) is 4.61. The van der Waals surface area contributed by atoms with Gasteiger partial charge in [-0.25, -0.2) is 0 Å². The molecule has 98 valence electrons. The molecule has 2 heterocycles. The smallest absolute Gasteiger partial charge is 0.137 e. The summed E-state index contributed by atoms with van der Waals surface area (Å²) in [5, 5.41) is 3.54. The van der Waals surface area contributed by atoms with E-state index >= 15 is 0 Å². The van der Waals surface area contributed by atoms with Gasteiger partial charge in [0.25, 0.3) is 0 Å². The molecule has 3 heteroatoms. The van der Waals surface area contributed by atoms with Gasteiger partial charge in [0, 0.05) is 6.20 Å². The van der Waals surface area contributed by atoms with Crippen molar-refractivity contribution in [3.05, 3.63) is 24.0 Å². The Labute approximate surface area is 109 Å². The quantitative estimate of drug-likeness (QED) is 0.871. The van der Waals surface area contributed by atoms with Gasteiger partial charge in [0.2, 0.25) is 0 Å². The molecule has 1 N–H and O–H groups in total. The summed E-state index contributed by atoms with van der Waals surface area (Å²) in [6.07, 6.45) is 9.21. The van der Waals surface area contributed by atoms with Gasteiger partial charge in [0.05, 0.1) is 13.3 Å². The van der Waals surface area contributed by atoms with E-state index in [-0.39, 0.29) is 0 Å². The number of rotatable bonds is 2. The fourth-order valence-corrected chi connectivity index (χ4v) is 3.67. The van der Waals surface area contributed by atoms with E-state index in [9.17, 15) is 0 Å². The Hall–Kier alpha value is -1.09. The second kappa shape index (κ2) is 5.27. The lowest BCUT2D eigenvalue weighted by Gasteiger charge is -2.20. The highest BCUT2D eigenvalue weighted by atomic mass is 16.5. The van der Waals surface area contributed by atoms with Crippen molar-refractivity contribution in [3.63, 3.8) is 0 Å². The maximum Gasteiger partial charge on any atom is 0.137 e. The largest absolute Gasteiger partial charge is 0.495 e. The van der Waals surface area contributed by atoms with Crippen LogP contribution >= 0.6 is 0 Å². The number of hydrogen-bond donors (Lipinski definition) is 1. The summed E-state index contributed by atoms with van der Waals surface area (Å²) in [4.78, 5) is 4.32. The molecule has 18 heavy (non-hydrogen) atoms. The molecule has 1 aromatic rings.